The second-order valence-corrected chi connectivity index (χ2v) is 7.95. The molecule has 0 bridgehead atoms. The van der Waals surface area contributed by atoms with Gasteiger partial charge in [-0.1, -0.05) is 0 Å². The first-order valence-corrected chi connectivity index (χ1v) is 9.57. The molecule has 0 saturated heterocycles. The summed E-state index contributed by atoms with van der Waals surface area (Å²) in [5.74, 6) is -0.289. The molecule has 26 heavy (non-hydrogen) atoms. The van der Waals surface area contributed by atoms with Gasteiger partial charge >= 0.3 is 0 Å². The number of nitrogens with one attached hydrogen (secondary N) is 1. The summed E-state index contributed by atoms with van der Waals surface area (Å²) in [6.07, 6.45) is 4.17. The topological polar surface area (TPSA) is 79.0 Å². The van der Waals surface area contributed by atoms with Crippen LogP contribution in [0.4, 0.5) is 4.39 Å². The number of rotatable bonds is 7. The normalized spacial score (nSPS) is 11.8. The van der Waals surface area contributed by atoms with Crippen LogP contribution in [0.3, 0.4) is 0 Å². The van der Waals surface area contributed by atoms with Crippen molar-refractivity contribution in [3.05, 3.63) is 66.4 Å². The number of nitrogens with zero attached hydrogens (tertiary/aromatic N) is 3. The number of hydrogen-bond donors (Lipinski definition) is 1. The predicted octanol–water partition coefficient (Wildman–Crippen LogP) is 2.86. The standard InChI is InChI=1S/C18H19FN4O2S/c1-23(26(24,25)17-5-2-10-20-13-17)11-3-4-16-12-18(22-21-16)14-6-8-15(19)9-7-14/h2,5-10,12-13H,3-4,11H2,1H3,(H,21,22). The molecule has 0 spiro atoms. The fourth-order valence-corrected chi connectivity index (χ4v) is 3.72. The molecule has 2 aromatic heterocycles. The summed E-state index contributed by atoms with van der Waals surface area (Å²) in [5.41, 5.74) is 2.46. The highest BCUT2D eigenvalue weighted by Crippen LogP contribution is 2.19. The van der Waals surface area contributed by atoms with Gasteiger partial charge in [0.25, 0.3) is 0 Å². The van der Waals surface area contributed by atoms with Crippen molar-refractivity contribution < 1.29 is 12.8 Å². The average molecular weight is 374 g/mol. The summed E-state index contributed by atoms with van der Waals surface area (Å²) in [4.78, 5) is 4.04. The summed E-state index contributed by atoms with van der Waals surface area (Å²) in [7, 11) is -1.97. The summed E-state index contributed by atoms with van der Waals surface area (Å²) >= 11 is 0. The van der Waals surface area contributed by atoms with Crippen LogP contribution in [0.15, 0.2) is 59.8 Å². The Kier molecular flexibility index (Phi) is 5.43. The van der Waals surface area contributed by atoms with Gasteiger partial charge in [0.15, 0.2) is 0 Å². The number of aryl methyl sites for hydroxylation is 1. The zero-order valence-electron chi connectivity index (χ0n) is 14.3. The largest absolute Gasteiger partial charge is 0.282 e. The highest BCUT2D eigenvalue weighted by molar-refractivity contribution is 7.89. The molecule has 0 amide bonds. The van der Waals surface area contributed by atoms with Gasteiger partial charge in [0.1, 0.15) is 10.7 Å². The van der Waals surface area contributed by atoms with E-state index in [-0.39, 0.29) is 10.7 Å². The van der Waals surface area contributed by atoms with Crippen molar-refractivity contribution in [2.45, 2.75) is 17.7 Å². The third-order valence-corrected chi connectivity index (χ3v) is 5.87. The summed E-state index contributed by atoms with van der Waals surface area (Å²) < 4.78 is 39.2. The van der Waals surface area contributed by atoms with E-state index in [0.29, 0.717) is 19.4 Å². The van der Waals surface area contributed by atoms with Crippen LogP contribution in [0.2, 0.25) is 0 Å². The number of H-pyrrole nitrogens is 1. The minimum atomic E-state index is -3.53. The molecule has 3 rings (SSSR count). The molecule has 0 saturated carbocycles. The first-order valence-electron chi connectivity index (χ1n) is 8.13. The van der Waals surface area contributed by atoms with E-state index >= 15 is 0 Å². The van der Waals surface area contributed by atoms with Crippen LogP contribution in [0, 0.1) is 5.82 Å². The molecule has 1 N–H and O–H groups in total. The monoisotopic (exact) mass is 374 g/mol. The fourth-order valence-electron chi connectivity index (χ4n) is 2.55. The van der Waals surface area contributed by atoms with Crippen molar-refractivity contribution in [2.75, 3.05) is 13.6 Å². The molecule has 2 heterocycles. The second-order valence-electron chi connectivity index (χ2n) is 5.90. The van der Waals surface area contributed by atoms with Crippen molar-refractivity contribution in [1.29, 1.82) is 0 Å². The minimum Gasteiger partial charge on any atom is -0.282 e. The highest BCUT2D eigenvalue weighted by atomic mass is 32.2. The van der Waals surface area contributed by atoms with Crippen molar-refractivity contribution in [1.82, 2.24) is 19.5 Å². The SMILES string of the molecule is CN(CCCc1cc(-c2ccc(F)cc2)n[nH]1)S(=O)(=O)c1cccnc1. The zero-order valence-corrected chi connectivity index (χ0v) is 15.1. The van der Waals surface area contributed by atoms with Gasteiger partial charge in [-0.3, -0.25) is 10.1 Å². The van der Waals surface area contributed by atoms with Crippen LogP contribution in [-0.2, 0) is 16.4 Å². The van der Waals surface area contributed by atoms with E-state index < -0.39 is 10.0 Å². The number of benzene rings is 1. The first-order chi connectivity index (χ1) is 12.5. The Balaban J connectivity index is 1.58. The van der Waals surface area contributed by atoms with Crippen LogP contribution in [0.5, 0.6) is 0 Å². The van der Waals surface area contributed by atoms with Crippen LogP contribution in [0.1, 0.15) is 12.1 Å². The van der Waals surface area contributed by atoms with Gasteiger partial charge in [0.05, 0.1) is 5.69 Å². The number of sulfonamides is 1. The number of aromatic amines is 1. The Labute approximate surface area is 151 Å². The first kappa shape index (κ1) is 18.2. The van der Waals surface area contributed by atoms with E-state index in [1.165, 1.54) is 34.9 Å². The molecule has 0 aliphatic rings. The van der Waals surface area contributed by atoms with Crippen LogP contribution in [0.25, 0.3) is 11.3 Å². The molecule has 1 aromatic carbocycles. The van der Waals surface area contributed by atoms with Crippen molar-refractivity contribution in [3.63, 3.8) is 0 Å². The lowest BCUT2D eigenvalue weighted by atomic mass is 10.1. The maximum Gasteiger partial charge on any atom is 0.244 e. The van der Waals surface area contributed by atoms with E-state index in [1.54, 1.807) is 25.2 Å². The quantitative estimate of drug-likeness (QED) is 0.690. The maximum absolute atomic E-state index is 13.0. The molecule has 6 nitrogen and oxygen atoms in total. The Hall–Kier alpha value is -2.58. The van der Waals surface area contributed by atoms with E-state index in [4.69, 9.17) is 0 Å². The van der Waals surface area contributed by atoms with Gasteiger partial charge in [-0.05, 0) is 55.3 Å². The van der Waals surface area contributed by atoms with Crippen LogP contribution < -0.4 is 0 Å². The summed E-state index contributed by atoms with van der Waals surface area (Å²) in [6.45, 7) is 0.377. The minimum absolute atomic E-state index is 0.183. The lowest BCUT2D eigenvalue weighted by molar-refractivity contribution is 0.460. The smallest absolute Gasteiger partial charge is 0.244 e. The Morgan fingerprint density at radius 1 is 1.19 bits per heavy atom. The fraction of sp³-hybridized carbons (Fsp3) is 0.222. The molecule has 0 radical (unpaired) electrons. The molecule has 3 aromatic rings. The maximum atomic E-state index is 13.0. The number of hydrogen-bond acceptors (Lipinski definition) is 4. The van der Waals surface area contributed by atoms with E-state index in [2.05, 4.69) is 15.2 Å². The number of pyridine rings is 1. The lowest BCUT2D eigenvalue weighted by Gasteiger charge is -2.16. The molecular formula is C18H19FN4O2S. The van der Waals surface area contributed by atoms with Crippen molar-refractivity contribution in [2.24, 2.45) is 0 Å². The molecular weight excluding hydrogens is 355 g/mol. The third-order valence-electron chi connectivity index (χ3n) is 4.03. The Morgan fingerprint density at radius 3 is 2.65 bits per heavy atom. The predicted molar refractivity (Wildman–Crippen MR) is 96.4 cm³/mol. The molecule has 8 heteroatoms. The Bertz CT molecular complexity index is 956. The molecule has 0 aliphatic heterocycles. The summed E-state index contributed by atoms with van der Waals surface area (Å²) in [5, 5.41) is 7.16. The lowest BCUT2D eigenvalue weighted by Crippen LogP contribution is -2.28. The summed E-state index contributed by atoms with van der Waals surface area (Å²) in [6, 6.07) is 11.1. The number of aromatic nitrogens is 3. The molecule has 0 fully saturated rings. The average Bonchev–Trinajstić information content (AvgIpc) is 3.12. The van der Waals surface area contributed by atoms with Crippen molar-refractivity contribution >= 4 is 10.0 Å². The molecule has 0 aliphatic carbocycles. The van der Waals surface area contributed by atoms with Gasteiger partial charge in [-0.25, -0.2) is 17.1 Å². The van der Waals surface area contributed by atoms with Gasteiger partial charge in [-0.2, -0.15) is 5.10 Å². The highest BCUT2D eigenvalue weighted by Gasteiger charge is 2.20. The van der Waals surface area contributed by atoms with E-state index in [9.17, 15) is 12.8 Å². The van der Waals surface area contributed by atoms with E-state index in [1.807, 2.05) is 6.07 Å². The molecule has 136 valence electrons. The zero-order chi connectivity index (χ0) is 18.6. The van der Waals surface area contributed by atoms with Crippen LogP contribution >= 0.6 is 0 Å². The van der Waals surface area contributed by atoms with Gasteiger partial charge in [0.2, 0.25) is 10.0 Å². The molecule has 0 atom stereocenters. The third kappa shape index (κ3) is 4.14. The van der Waals surface area contributed by atoms with Crippen LogP contribution in [-0.4, -0.2) is 41.5 Å². The number of halogens is 1. The molecule has 0 unspecified atom stereocenters. The van der Waals surface area contributed by atoms with Gasteiger partial charge in [-0.15, -0.1) is 0 Å². The van der Waals surface area contributed by atoms with Gasteiger partial charge < -0.3 is 0 Å². The van der Waals surface area contributed by atoms with Gasteiger partial charge in [0, 0.05) is 37.2 Å². The second kappa shape index (κ2) is 7.76. The van der Waals surface area contributed by atoms with E-state index in [0.717, 1.165) is 17.0 Å². The Morgan fingerprint density at radius 2 is 1.96 bits per heavy atom. The van der Waals surface area contributed by atoms with Crippen molar-refractivity contribution in [3.8, 4) is 11.3 Å².